The van der Waals surface area contributed by atoms with Crippen LogP contribution >= 0.6 is 11.3 Å². The highest BCUT2D eigenvalue weighted by molar-refractivity contribution is 7.15. The lowest BCUT2D eigenvalue weighted by Gasteiger charge is -2.27. The zero-order valence-corrected chi connectivity index (χ0v) is 10.6. The van der Waals surface area contributed by atoms with Crippen LogP contribution in [0.3, 0.4) is 0 Å². The van der Waals surface area contributed by atoms with Gasteiger partial charge in [-0.1, -0.05) is 0 Å². The Labute approximate surface area is 108 Å². The Morgan fingerprint density at radius 3 is 2.61 bits per heavy atom. The zero-order valence-electron chi connectivity index (χ0n) is 9.77. The van der Waals surface area contributed by atoms with Crippen LogP contribution in [0.2, 0.25) is 0 Å². The van der Waals surface area contributed by atoms with E-state index >= 15 is 0 Å². The summed E-state index contributed by atoms with van der Waals surface area (Å²) in [7, 11) is 0. The Kier molecular flexibility index (Phi) is 3.05. The number of halogens is 1. The summed E-state index contributed by atoms with van der Waals surface area (Å²) in [6, 6.07) is 1.76. The van der Waals surface area contributed by atoms with Crippen LogP contribution in [0.15, 0.2) is 24.7 Å². The van der Waals surface area contributed by atoms with Gasteiger partial charge in [0.2, 0.25) is 0 Å². The number of piperidine rings is 1. The minimum absolute atomic E-state index is 0.482. The van der Waals surface area contributed by atoms with Crippen LogP contribution in [-0.4, -0.2) is 28.0 Å². The van der Waals surface area contributed by atoms with Crippen LogP contribution in [0, 0.1) is 0 Å². The van der Waals surface area contributed by atoms with Gasteiger partial charge in [0.1, 0.15) is 5.01 Å². The minimum Gasteiger partial charge on any atom is -0.316 e. The van der Waals surface area contributed by atoms with Crippen molar-refractivity contribution in [3.8, 4) is 10.7 Å². The molecule has 0 spiro atoms. The summed E-state index contributed by atoms with van der Waals surface area (Å²) in [5.41, 5.74) is -1.29. The third kappa shape index (κ3) is 2.13. The Hall–Kier alpha value is -1.40. The zero-order chi connectivity index (χ0) is 12.4. The second-order valence-electron chi connectivity index (χ2n) is 4.32. The van der Waals surface area contributed by atoms with Gasteiger partial charge in [0, 0.05) is 31.4 Å². The van der Waals surface area contributed by atoms with E-state index in [0.717, 1.165) is 4.88 Å². The summed E-state index contributed by atoms with van der Waals surface area (Å²) in [5.74, 6) is 0.610. The highest BCUT2D eigenvalue weighted by Crippen LogP contribution is 2.38. The second kappa shape index (κ2) is 4.70. The number of thiazole rings is 1. The maximum atomic E-state index is 14.7. The molecular formula is C12H13FN4S. The van der Waals surface area contributed by atoms with Gasteiger partial charge in [-0.2, -0.15) is 0 Å². The third-order valence-corrected chi connectivity index (χ3v) is 4.24. The van der Waals surface area contributed by atoms with Crippen LogP contribution in [0.25, 0.3) is 10.7 Å². The molecule has 1 N–H and O–H groups in total. The fourth-order valence-electron chi connectivity index (χ4n) is 2.05. The molecule has 6 heteroatoms. The molecule has 2 aromatic heterocycles. The van der Waals surface area contributed by atoms with Crippen molar-refractivity contribution in [3.63, 3.8) is 0 Å². The molecule has 3 heterocycles. The van der Waals surface area contributed by atoms with Crippen molar-refractivity contribution < 1.29 is 4.39 Å². The summed E-state index contributed by atoms with van der Waals surface area (Å²) in [4.78, 5) is 13.4. The molecule has 2 aromatic rings. The van der Waals surface area contributed by atoms with Crippen molar-refractivity contribution in [1.82, 2.24) is 20.3 Å². The molecule has 0 amide bonds. The predicted octanol–water partition coefficient (Wildman–Crippen LogP) is 2.15. The first kappa shape index (κ1) is 11.7. The molecule has 1 aliphatic heterocycles. The first-order valence-corrected chi connectivity index (χ1v) is 6.73. The summed E-state index contributed by atoms with van der Waals surface area (Å²) in [5, 5.41) is 3.71. The van der Waals surface area contributed by atoms with E-state index in [1.165, 1.54) is 11.3 Å². The van der Waals surface area contributed by atoms with Gasteiger partial charge in [-0.15, -0.1) is 11.3 Å². The van der Waals surface area contributed by atoms with Crippen molar-refractivity contribution in [2.75, 3.05) is 13.1 Å². The number of hydrogen-bond donors (Lipinski definition) is 1. The average Bonchev–Trinajstić information content (AvgIpc) is 2.91. The molecule has 3 rings (SSSR count). The topological polar surface area (TPSA) is 50.7 Å². The normalized spacial score (nSPS) is 18.7. The van der Waals surface area contributed by atoms with Gasteiger partial charge in [0.15, 0.2) is 11.5 Å². The number of alkyl halides is 1. The van der Waals surface area contributed by atoms with Gasteiger partial charge in [-0.25, -0.2) is 19.3 Å². The van der Waals surface area contributed by atoms with Crippen LogP contribution in [-0.2, 0) is 5.67 Å². The lowest BCUT2D eigenvalue weighted by molar-refractivity contribution is 0.115. The molecule has 0 unspecified atom stereocenters. The quantitative estimate of drug-likeness (QED) is 0.903. The smallest absolute Gasteiger partial charge is 0.171 e. The molecule has 0 saturated carbocycles. The summed E-state index contributed by atoms with van der Waals surface area (Å²) < 4.78 is 14.7. The van der Waals surface area contributed by atoms with Gasteiger partial charge in [0.05, 0.1) is 4.88 Å². The van der Waals surface area contributed by atoms with Crippen molar-refractivity contribution >= 4 is 11.3 Å². The molecule has 0 bridgehead atoms. The predicted molar refractivity (Wildman–Crippen MR) is 68.0 cm³/mol. The molecule has 0 aromatic carbocycles. The Morgan fingerprint density at radius 1 is 1.17 bits per heavy atom. The van der Waals surface area contributed by atoms with E-state index in [9.17, 15) is 4.39 Å². The Bertz CT molecular complexity index is 522. The van der Waals surface area contributed by atoms with E-state index in [1.807, 2.05) is 0 Å². The molecule has 0 atom stereocenters. The maximum Gasteiger partial charge on any atom is 0.171 e. The minimum atomic E-state index is -1.29. The fourth-order valence-corrected chi connectivity index (χ4v) is 3.05. The van der Waals surface area contributed by atoms with Gasteiger partial charge >= 0.3 is 0 Å². The molecule has 0 radical (unpaired) electrons. The van der Waals surface area contributed by atoms with Gasteiger partial charge in [-0.05, 0) is 19.2 Å². The number of nitrogens with zero attached hydrogens (tertiary/aromatic N) is 3. The fraction of sp³-hybridized carbons (Fsp3) is 0.417. The van der Waals surface area contributed by atoms with Gasteiger partial charge < -0.3 is 5.32 Å². The van der Waals surface area contributed by atoms with Crippen molar-refractivity contribution in [3.05, 3.63) is 29.7 Å². The molecular weight excluding hydrogens is 251 g/mol. The van der Waals surface area contributed by atoms with Crippen molar-refractivity contribution in [2.24, 2.45) is 0 Å². The first-order chi connectivity index (χ1) is 8.78. The molecule has 0 aliphatic carbocycles. The largest absolute Gasteiger partial charge is 0.316 e. The van der Waals surface area contributed by atoms with Crippen LogP contribution in [0.5, 0.6) is 0 Å². The lowest BCUT2D eigenvalue weighted by Crippen LogP contribution is -2.36. The average molecular weight is 264 g/mol. The standard InChI is InChI=1S/C12H13FN4S/c13-12(2-6-14-7-3-12)11-17-8-9(18-11)10-15-4-1-5-16-10/h1,4-5,8,14H,2-3,6-7H2. The number of nitrogens with one attached hydrogen (secondary N) is 1. The maximum absolute atomic E-state index is 14.7. The summed E-state index contributed by atoms with van der Waals surface area (Å²) >= 11 is 1.35. The lowest BCUT2D eigenvalue weighted by atomic mass is 9.95. The Morgan fingerprint density at radius 2 is 1.89 bits per heavy atom. The number of aromatic nitrogens is 3. The highest BCUT2D eigenvalue weighted by Gasteiger charge is 2.36. The number of hydrogen-bond acceptors (Lipinski definition) is 5. The van der Waals surface area contributed by atoms with Gasteiger partial charge in [-0.3, -0.25) is 0 Å². The number of rotatable bonds is 2. The molecule has 18 heavy (non-hydrogen) atoms. The van der Waals surface area contributed by atoms with Crippen molar-refractivity contribution in [1.29, 1.82) is 0 Å². The van der Waals surface area contributed by atoms with E-state index in [-0.39, 0.29) is 0 Å². The van der Waals surface area contributed by atoms with Crippen LogP contribution in [0.1, 0.15) is 17.8 Å². The molecule has 4 nitrogen and oxygen atoms in total. The third-order valence-electron chi connectivity index (χ3n) is 3.07. The first-order valence-electron chi connectivity index (χ1n) is 5.91. The SMILES string of the molecule is FC1(c2ncc(-c3ncccn3)s2)CCNCC1. The molecule has 1 fully saturated rings. The van der Waals surface area contributed by atoms with Crippen LogP contribution < -0.4 is 5.32 Å². The molecule has 1 saturated heterocycles. The summed E-state index contributed by atoms with van der Waals surface area (Å²) in [6.07, 6.45) is 5.98. The van der Waals surface area contributed by atoms with E-state index in [1.54, 1.807) is 24.7 Å². The van der Waals surface area contributed by atoms with E-state index in [0.29, 0.717) is 36.8 Å². The van der Waals surface area contributed by atoms with Crippen LogP contribution in [0.4, 0.5) is 4.39 Å². The highest BCUT2D eigenvalue weighted by atomic mass is 32.1. The van der Waals surface area contributed by atoms with Crippen molar-refractivity contribution in [2.45, 2.75) is 18.5 Å². The van der Waals surface area contributed by atoms with E-state index < -0.39 is 5.67 Å². The monoisotopic (exact) mass is 264 g/mol. The second-order valence-corrected chi connectivity index (χ2v) is 5.35. The summed E-state index contributed by atoms with van der Waals surface area (Å²) in [6.45, 7) is 1.40. The Balaban J connectivity index is 1.89. The molecule has 94 valence electrons. The molecule has 1 aliphatic rings. The van der Waals surface area contributed by atoms with E-state index in [4.69, 9.17) is 0 Å². The van der Waals surface area contributed by atoms with E-state index in [2.05, 4.69) is 20.3 Å². The van der Waals surface area contributed by atoms with Gasteiger partial charge in [0.25, 0.3) is 0 Å².